The van der Waals surface area contributed by atoms with Crippen LogP contribution in [0.4, 0.5) is 5.69 Å². The maximum Gasteiger partial charge on any atom is 0.339 e. The van der Waals surface area contributed by atoms with Gasteiger partial charge in [0.1, 0.15) is 0 Å². The fourth-order valence-electron chi connectivity index (χ4n) is 3.33. The molecule has 1 amide bonds. The lowest BCUT2D eigenvalue weighted by Gasteiger charge is -2.35. The van der Waals surface area contributed by atoms with Crippen LogP contribution < -0.4 is 10.1 Å². The summed E-state index contributed by atoms with van der Waals surface area (Å²) in [7, 11) is 1.31. The second kappa shape index (κ2) is 8.83. The summed E-state index contributed by atoms with van der Waals surface area (Å²) in [5.41, 5.74) is -0.351. The third-order valence-corrected chi connectivity index (χ3v) is 5.30. The molecule has 0 aromatic heterocycles. The van der Waals surface area contributed by atoms with Crippen molar-refractivity contribution in [2.45, 2.75) is 52.2 Å². The summed E-state index contributed by atoms with van der Waals surface area (Å²) >= 11 is 0. The molecule has 0 spiro atoms. The number of ether oxygens (including phenoxy) is 2. The van der Waals surface area contributed by atoms with E-state index in [4.69, 9.17) is 9.47 Å². The van der Waals surface area contributed by atoms with E-state index in [1.54, 1.807) is 0 Å². The number of nitro benzene ring substituents is 1. The minimum Gasteiger partial charge on any atom is -0.490 e. The molecule has 0 bridgehead atoms. The Bertz CT molecular complexity index is 720. The molecule has 148 valence electrons. The predicted octanol–water partition coefficient (Wildman–Crippen LogP) is 3.09. The van der Waals surface area contributed by atoms with Gasteiger partial charge in [-0.3, -0.25) is 14.9 Å². The second-order valence-electron chi connectivity index (χ2n) is 7.07. The van der Waals surface area contributed by atoms with Gasteiger partial charge in [-0.25, -0.2) is 4.79 Å². The maximum atomic E-state index is 12.4. The minimum atomic E-state index is -0.997. The third kappa shape index (κ3) is 4.96. The number of benzene rings is 1. The van der Waals surface area contributed by atoms with Gasteiger partial charge in [0.05, 0.1) is 17.6 Å². The lowest BCUT2D eigenvalue weighted by Crippen LogP contribution is -2.47. The first kappa shape index (κ1) is 20.7. The van der Waals surface area contributed by atoms with Gasteiger partial charge < -0.3 is 14.8 Å². The summed E-state index contributed by atoms with van der Waals surface area (Å²) < 4.78 is 10.1. The van der Waals surface area contributed by atoms with Crippen LogP contribution in [0.3, 0.4) is 0 Å². The third-order valence-electron chi connectivity index (χ3n) is 5.30. The van der Waals surface area contributed by atoms with Crippen LogP contribution in [-0.4, -0.2) is 36.1 Å². The highest BCUT2D eigenvalue weighted by atomic mass is 16.6. The Kier molecular flexibility index (Phi) is 6.76. The van der Waals surface area contributed by atoms with Gasteiger partial charge in [-0.15, -0.1) is 0 Å². The Hall–Kier alpha value is -2.64. The highest BCUT2D eigenvalue weighted by Gasteiger charge is 2.30. The van der Waals surface area contributed by atoms with Crippen molar-refractivity contribution in [3.8, 4) is 5.75 Å². The summed E-state index contributed by atoms with van der Waals surface area (Å²) in [5.74, 6) is -0.231. The molecule has 0 aliphatic heterocycles. The number of amides is 1. The first-order valence-corrected chi connectivity index (χ1v) is 9.08. The van der Waals surface area contributed by atoms with Gasteiger partial charge in [0.25, 0.3) is 5.91 Å². The molecule has 2 rings (SSSR count). The lowest BCUT2D eigenvalue weighted by molar-refractivity contribution is -0.385. The van der Waals surface area contributed by atoms with E-state index in [1.165, 1.54) is 26.2 Å². The largest absolute Gasteiger partial charge is 0.490 e. The van der Waals surface area contributed by atoms with Crippen molar-refractivity contribution in [2.75, 3.05) is 7.11 Å². The van der Waals surface area contributed by atoms with Gasteiger partial charge in [0.15, 0.2) is 11.9 Å². The molecule has 1 N–H and O–H groups in total. The summed E-state index contributed by atoms with van der Waals surface area (Å²) in [6, 6.07) is 3.83. The van der Waals surface area contributed by atoms with Crippen molar-refractivity contribution in [1.82, 2.24) is 5.32 Å². The summed E-state index contributed by atoms with van der Waals surface area (Å²) in [6.45, 7) is 5.77. The predicted molar refractivity (Wildman–Crippen MR) is 98.6 cm³/mol. The highest BCUT2D eigenvalue weighted by Crippen LogP contribution is 2.30. The fraction of sp³-hybridized carbons (Fsp3) is 0.579. The summed E-state index contributed by atoms with van der Waals surface area (Å²) in [5, 5.41) is 14.0. The van der Waals surface area contributed by atoms with Crippen LogP contribution in [0.5, 0.6) is 5.75 Å². The first-order chi connectivity index (χ1) is 12.7. The zero-order valence-electron chi connectivity index (χ0n) is 16.1. The van der Waals surface area contributed by atoms with Crippen LogP contribution >= 0.6 is 0 Å². The zero-order chi connectivity index (χ0) is 20.1. The van der Waals surface area contributed by atoms with Crippen molar-refractivity contribution in [1.29, 1.82) is 0 Å². The van der Waals surface area contributed by atoms with E-state index in [0.717, 1.165) is 25.3 Å². The van der Waals surface area contributed by atoms with Gasteiger partial charge in [0.2, 0.25) is 0 Å². The molecular weight excluding hydrogens is 352 g/mol. The number of nitro groups is 1. The van der Waals surface area contributed by atoms with Crippen LogP contribution in [0.25, 0.3) is 0 Å². The van der Waals surface area contributed by atoms with E-state index in [1.807, 2.05) is 0 Å². The molecule has 0 saturated heterocycles. The minimum absolute atomic E-state index is 0.0122. The zero-order valence-corrected chi connectivity index (χ0v) is 16.1. The van der Waals surface area contributed by atoms with E-state index in [0.29, 0.717) is 11.8 Å². The monoisotopic (exact) mass is 378 g/mol. The Morgan fingerprint density at radius 3 is 2.63 bits per heavy atom. The highest BCUT2D eigenvalue weighted by molar-refractivity contribution is 5.93. The van der Waals surface area contributed by atoms with Gasteiger partial charge >= 0.3 is 11.7 Å². The molecule has 1 saturated carbocycles. The molecule has 1 fully saturated rings. The topological polar surface area (TPSA) is 108 Å². The van der Waals surface area contributed by atoms with E-state index in [2.05, 4.69) is 19.2 Å². The molecule has 4 atom stereocenters. The van der Waals surface area contributed by atoms with Crippen molar-refractivity contribution in [2.24, 2.45) is 11.8 Å². The van der Waals surface area contributed by atoms with E-state index in [-0.39, 0.29) is 28.9 Å². The average Bonchev–Trinajstić information content (AvgIpc) is 2.64. The van der Waals surface area contributed by atoms with Crippen LogP contribution in [0.2, 0.25) is 0 Å². The van der Waals surface area contributed by atoms with Crippen LogP contribution in [-0.2, 0) is 9.53 Å². The van der Waals surface area contributed by atoms with Crippen LogP contribution in [0.1, 0.15) is 50.4 Å². The number of carbonyl (C=O) groups is 2. The molecule has 8 nitrogen and oxygen atoms in total. The number of esters is 1. The van der Waals surface area contributed by atoms with E-state index in [9.17, 15) is 19.7 Å². The molecule has 27 heavy (non-hydrogen) atoms. The molecule has 8 heteroatoms. The molecular formula is C19H26N2O6. The Labute approximate surface area is 158 Å². The number of methoxy groups -OCH3 is 1. The Balaban J connectivity index is 2.01. The smallest absolute Gasteiger partial charge is 0.339 e. The van der Waals surface area contributed by atoms with Crippen LogP contribution in [0.15, 0.2) is 18.2 Å². The number of rotatable bonds is 6. The molecule has 1 aliphatic carbocycles. The van der Waals surface area contributed by atoms with E-state index >= 15 is 0 Å². The Morgan fingerprint density at radius 2 is 2.00 bits per heavy atom. The first-order valence-electron chi connectivity index (χ1n) is 9.08. The number of nitrogens with zero attached hydrogens (tertiary/aromatic N) is 1. The maximum absolute atomic E-state index is 12.4. The van der Waals surface area contributed by atoms with Gasteiger partial charge in [-0.05, 0) is 37.3 Å². The van der Waals surface area contributed by atoms with Crippen molar-refractivity contribution in [3.63, 3.8) is 0 Å². The molecule has 0 radical (unpaired) electrons. The number of hydrogen-bond donors (Lipinski definition) is 1. The molecule has 0 heterocycles. The van der Waals surface area contributed by atoms with Crippen molar-refractivity contribution in [3.05, 3.63) is 33.9 Å². The normalized spacial score (nSPS) is 23.2. The number of hydrogen-bond acceptors (Lipinski definition) is 6. The molecule has 1 aromatic rings. The second-order valence-corrected chi connectivity index (χ2v) is 7.07. The molecule has 1 aliphatic rings. The fourth-order valence-corrected chi connectivity index (χ4v) is 3.33. The molecule has 1 aromatic carbocycles. The van der Waals surface area contributed by atoms with Crippen molar-refractivity contribution >= 4 is 17.6 Å². The standard InChI is InChI=1S/C19H26N2O6/c1-11-6-5-7-15(12(11)2)20-18(22)13(3)27-19(23)14-8-9-17(26-4)16(10-14)21(24)25/h8-13,15H,5-7H2,1-4H3,(H,20,22)/t11-,12-,13-,15+/m1/s1. The Morgan fingerprint density at radius 1 is 1.30 bits per heavy atom. The summed E-state index contributed by atoms with van der Waals surface area (Å²) in [6.07, 6.45) is 2.11. The van der Waals surface area contributed by atoms with Gasteiger partial charge in [-0.2, -0.15) is 0 Å². The van der Waals surface area contributed by atoms with E-state index < -0.39 is 17.0 Å². The van der Waals surface area contributed by atoms with Gasteiger partial charge in [-0.1, -0.05) is 26.7 Å². The average molecular weight is 378 g/mol. The number of carbonyl (C=O) groups excluding carboxylic acids is 2. The van der Waals surface area contributed by atoms with Gasteiger partial charge in [0, 0.05) is 12.1 Å². The van der Waals surface area contributed by atoms with Crippen LogP contribution in [0, 0.1) is 22.0 Å². The number of nitrogens with one attached hydrogen (secondary N) is 1. The van der Waals surface area contributed by atoms with Crippen molar-refractivity contribution < 1.29 is 24.0 Å². The SMILES string of the molecule is COc1ccc(C(=O)O[C@H](C)C(=O)N[C@H]2CCC[C@@H](C)[C@H]2C)cc1[N+](=O)[O-]. The lowest BCUT2D eigenvalue weighted by atomic mass is 9.78. The molecule has 0 unspecified atom stereocenters. The quantitative estimate of drug-likeness (QED) is 0.463. The summed E-state index contributed by atoms with van der Waals surface area (Å²) in [4.78, 5) is 35.1.